The summed E-state index contributed by atoms with van der Waals surface area (Å²) in [6, 6.07) is 11.8. The molecule has 2 aromatic rings. The smallest absolute Gasteiger partial charge is 0.244 e. The lowest BCUT2D eigenvalue weighted by molar-refractivity contribution is -0.119. The van der Waals surface area contributed by atoms with Crippen molar-refractivity contribution in [2.24, 2.45) is 0 Å². The molecule has 0 bridgehead atoms. The van der Waals surface area contributed by atoms with Gasteiger partial charge in [-0.25, -0.2) is 0 Å². The van der Waals surface area contributed by atoms with Gasteiger partial charge < -0.3 is 9.73 Å². The summed E-state index contributed by atoms with van der Waals surface area (Å²) < 4.78 is 6.22. The number of furan rings is 1. The van der Waals surface area contributed by atoms with Gasteiger partial charge in [0.15, 0.2) is 0 Å². The highest BCUT2D eigenvalue weighted by atomic mass is 79.9. The van der Waals surface area contributed by atoms with Crippen LogP contribution >= 0.6 is 15.9 Å². The van der Waals surface area contributed by atoms with Crippen LogP contribution in [0.15, 0.2) is 57.6 Å². The van der Waals surface area contributed by atoms with E-state index in [2.05, 4.69) is 33.4 Å². The van der Waals surface area contributed by atoms with E-state index in [1.807, 2.05) is 18.2 Å². The van der Waals surface area contributed by atoms with Gasteiger partial charge in [0, 0.05) is 10.5 Å². The minimum Gasteiger partial charge on any atom is -0.465 e. The van der Waals surface area contributed by atoms with Gasteiger partial charge in [0.2, 0.25) is 5.91 Å². The number of halogens is 1. The van der Waals surface area contributed by atoms with Crippen LogP contribution in [0.25, 0.3) is 6.08 Å². The van der Waals surface area contributed by atoms with E-state index in [0.717, 1.165) is 29.3 Å². The van der Waals surface area contributed by atoms with Crippen LogP contribution in [0.1, 0.15) is 30.6 Å². The predicted molar refractivity (Wildman–Crippen MR) is 85.6 cm³/mol. The van der Waals surface area contributed by atoms with E-state index < -0.39 is 0 Å². The molecule has 1 aliphatic rings. The zero-order chi connectivity index (χ0) is 14.7. The number of hydrogen-bond acceptors (Lipinski definition) is 2. The lowest BCUT2D eigenvalue weighted by atomic mass is 9.72. The van der Waals surface area contributed by atoms with Gasteiger partial charge in [0.1, 0.15) is 5.76 Å². The van der Waals surface area contributed by atoms with Crippen LogP contribution < -0.4 is 5.32 Å². The Morgan fingerprint density at radius 3 is 2.76 bits per heavy atom. The summed E-state index contributed by atoms with van der Waals surface area (Å²) in [5.41, 5.74) is 0.928. The number of carbonyl (C=O) groups excluding carboxylic acids is 1. The second kappa shape index (κ2) is 5.90. The number of carbonyl (C=O) groups is 1. The third-order valence-electron chi connectivity index (χ3n) is 3.89. The van der Waals surface area contributed by atoms with Crippen molar-refractivity contribution in [2.45, 2.75) is 24.8 Å². The second-order valence-electron chi connectivity index (χ2n) is 5.28. The van der Waals surface area contributed by atoms with Crippen molar-refractivity contribution < 1.29 is 9.21 Å². The molecule has 4 heteroatoms. The molecule has 0 unspecified atom stereocenters. The Kier molecular flexibility index (Phi) is 3.97. The Balaban J connectivity index is 1.74. The zero-order valence-electron chi connectivity index (χ0n) is 11.5. The molecule has 1 saturated carbocycles. The highest BCUT2D eigenvalue weighted by molar-refractivity contribution is 9.10. The molecule has 1 N–H and O–H groups in total. The first kappa shape index (κ1) is 14.1. The van der Waals surface area contributed by atoms with Gasteiger partial charge in [0.25, 0.3) is 0 Å². The Labute approximate surface area is 132 Å². The average molecular weight is 346 g/mol. The van der Waals surface area contributed by atoms with Crippen molar-refractivity contribution in [1.82, 2.24) is 5.32 Å². The van der Waals surface area contributed by atoms with Gasteiger partial charge in [-0.1, -0.05) is 28.1 Å². The van der Waals surface area contributed by atoms with Gasteiger partial charge in [-0.05, 0) is 55.2 Å². The molecule has 1 aromatic heterocycles. The molecular weight excluding hydrogens is 330 g/mol. The number of nitrogens with one attached hydrogen (secondary N) is 1. The Hall–Kier alpha value is -1.81. The Bertz CT molecular complexity index is 657. The zero-order valence-corrected chi connectivity index (χ0v) is 13.1. The summed E-state index contributed by atoms with van der Waals surface area (Å²) in [4.78, 5) is 12.2. The minimum absolute atomic E-state index is 0.0916. The molecule has 1 fully saturated rings. The van der Waals surface area contributed by atoms with Crippen molar-refractivity contribution in [1.29, 1.82) is 0 Å². The van der Waals surface area contributed by atoms with Crippen molar-refractivity contribution >= 4 is 27.9 Å². The van der Waals surface area contributed by atoms with E-state index >= 15 is 0 Å². The van der Waals surface area contributed by atoms with E-state index in [9.17, 15) is 4.79 Å². The van der Waals surface area contributed by atoms with Crippen LogP contribution in [0.3, 0.4) is 0 Å². The standard InChI is InChI=1S/C17H16BrNO2/c18-14-5-1-4-13(12-14)17(9-3-10-17)19-16(20)8-7-15-6-2-11-21-15/h1-2,4-8,11-12H,3,9-10H2,(H,19,20). The van der Waals surface area contributed by atoms with Crippen molar-refractivity contribution in [3.63, 3.8) is 0 Å². The Morgan fingerprint density at radius 2 is 2.14 bits per heavy atom. The summed E-state index contributed by atoms with van der Waals surface area (Å²) in [5, 5.41) is 3.15. The Morgan fingerprint density at radius 1 is 1.29 bits per heavy atom. The van der Waals surface area contributed by atoms with Crippen molar-refractivity contribution in [2.75, 3.05) is 0 Å². The highest BCUT2D eigenvalue weighted by Gasteiger charge is 2.39. The molecular formula is C17H16BrNO2. The fraction of sp³-hybridized carbons (Fsp3) is 0.235. The molecule has 0 atom stereocenters. The van der Waals surface area contributed by atoms with Crippen molar-refractivity contribution in [3.8, 4) is 0 Å². The maximum absolute atomic E-state index is 12.2. The van der Waals surface area contributed by atoms with Crippen LogP contribution in [0.2, 0.25) is 0 Å². The molecule has 1 aliphatic carbocycles. The number of amides is 1. The number of hydrogen-bond donors (Lipinski definition) is 1. The molecule has 0 aliphatic heterocycles. The fourth-order valence-electron chi connectivity index (χ4n) is 2.62. The summed E-state index contributed by atoms with van der Waals surface area (Å²) >= 11 is 3.49. The second-order valence-corrected chi connectivity index (χ2v) is 6.20. The highest BCUT2D eigenvalue weighted by Crippen LogP contribution is 2.41. The molecule has 0 saturated heterocycles. The molecule has 0 radical (unpaired) electrons. The number of benzene rings is 1. The first-order valence-electron chi connectivity index (χ1n) is 6.98. The SMILES string of the molecule is O=C(C=Cc1ccco1)NC1(c2cccc(Br)c2)CCC1. The molecule has 0 spiro atoms. The summed E-state index contributed by atoms with van der Waals surface area (Å²) in [7, 11) is 0. The minimum atomic E-state index is -0.228. The summed E-state index contributed by atoms with van der Waals surface area (Å²) in [6.45, 7) is 0. The normalized spacial score (nSPS) is 16.6. The fourth-order valence-corrected chi connectivity index (χ4v) is 3.02. The van der Waals surface area contributed by atoms with E-state index in [1.54, 1.807) is 18.4 Å². The van der Waals surface area contributed by atoms with E-state index in [1.165, 1.54) is 6.08 Å². The maximum atomic E-state index is 12.2. The number of rotatable bonds is 4. The molecule has 1 heterocycles. The monoisotopic (exact) mass is 345 g/mol. The third kappa shape index (κ3) is 3.10. The van der Waals surface area contributed by atoms with E-state index in [-0.39, 0.29) is 11.4 Å². The summed E-state index contributed by atoms with van der Waals surface area (Å²) in [5.74, 6) is 0.585. The van der Waals surface area contributed by atoms with Gasteiger partial charge >= 0.3 is 0 Å². The topological polar surface area (TPSA) is 42.2 Å². The lowest BCUT2D eigenvalue weighted by Gasteiger charge is -2.43. The van der Waals surface area contributed by atoms with Crippen molar-refractivity contribution in [3.05, 3.63) is 64.5 Å². The first-order chi connectivity index (χ1) is 10.2. The lowest BCUT2D eigenvalue weighted by Crippen LogP contribution is -2.50. The molecule has 108 valence electrons. The predicted octanol–water partition coefficient (Wildman–Crippen LogP) is 4.25. The molecule has 21 heavy (non-hydrogen) atoms. The molecule has 3 nitrogen and oxygen atoms in total. The third-order valence-corrected chi connectivity index (χ3v) is 4.38. The molecule has 1 amide bonds. The van der Waals surface area contributed by atoms with Gasteiger partial charge in [-0.3, -0.25) is 4.79 Å². The maximum Gasteiger partial charge on any atom is 0.244 e. The van der Waals surface area contributed by atoms with Crippen LogP contribution in [0, 0.1) is 0 Å². The van der Waals surface area contributed by atoms with Gasteiger partial charge in [0.05, 0.1) is 11.8 Å². The van der Waals surface area contributed by atoms with Crippen LogP contribution in [-0.2, 0) is 10.3 Å². The first-order valence-corrected chi connectivity index (χ1v) is 7.77. The van der Waals surface area contributed by atoms with Crippen LogP contribution in [-0.4, -0.2) is 5.91 Å². The quantitative estimate of drug-likeness (QED) is 0.841. The molecule has 3 rings (SSSR count). The summed E-state index contributed by atoms with van der Waals surface area (Å²) in [6.07, 6.45) is 7.88. The average Bonchev–Trinajstić information content (AvgIpc) is 2.94. The largest absolute Gasteiger partial charge is 0.465 e. The van der Waals surface area contributed by atoms with E-state index in [0.29, 0.717) is 5.76 Å². The van der Waals surface area contributed by atoms with Gasteiger partial charge in [-0.15, -0.1) is 0 Å². The van der Waals surface area contributed by atoms with E-state index in [4.69, 9.17) is 4.42 Å². The van der Waals surface area contributed by atoms with Crippen LogP contribution in [0.5, 0.6) is 0 Å². The van der Waals surface area contributed by atoms with Crippen LogP contribution in [0.4, 0.5) is 0 Å². The molecule has 1 aromatic carbocycles. The van der Waals surface area contributed by atoms with Gasteiger partial charge in [-0.2, -0.15) is 0 Å².